The van der Waals surface area contributed by atoms with E-state index >= 15 is 0 Å². The summed E-state index contributed by atoms with van der Waals surface area (Å²) in [5.74, 6) is -1.41. The molecule has 0 spiro atoms. The van der Waals surface area contributed by atoms with Gasteiger partial charge >= 0.3 is 5.97 Å². The van der Waals surface area contributed by atoms with Crippen LogP contribution in [0.5, 0.6) is 0 Å². The summed E-state index contributed by atoms with van der Waals surface area (Å²) in [5.41, 5.74) is 7.72. The number of aromatic nitrogens is 1. The molecule has 1 aliphatic heterocycles. The highest BCUT2D eigenvalue weighted by atomic mass is 79.9. The molecule has 2 aromatic carbocycles. The zero-order valence-corrected chi connectivity index (χ0v) is 20.6. The van der Waals surface area contributed by atoms with Crippen molar-refractivity contribution in [2.24, 2.45) is 5.73 Å². The van der Waals surface area contributed by atoms with E-state index in [4.69, 9.17) is 10.5 Å². The number of nitriles is 1. The number of hydrogen-bond donors (Lipinski definition) is 1. The standard InChI is InChI=1S/C23H15Br2N3O3S/c1-31-23(30)19-18(13-7-3-5-9-16(13)25)14(11-26)20(27)28-21(29)17(32-22(19)28)10-12-6-2-4-8-15(12)24/h2-10,18H,27H2,1H3/b17-10-/t18-/m1/s1. The van der Waals surface area contributed by atoms with Crippen LogP contribution in [0, 0.1) is 11.3 Å². The van der Waals surface area contributed by atoms with Crippen LogP contribution in [0.25, 0.3) is 17.5 Å². The Bertz CT molecular complexity index is 1510. The first-order valence-electron chi connectivity index (χ1n) is 9.34. The summed E-state index contributed by atoms with van der Waals surface area (Å²) in [6.45, 7) is 0. The Hall–Kier alpha value is -2.93. The van der Waals surface area contributed by atoms with Crippen LogP contribution >= 0.6 is 43.2 Å². The van der Waals surface area contributed by atoms with Gasteiger partial charge in [-0.3, -0.25) is 9.36 Å². The summed E-state index contributed by atoms with van der Waals surface area (Å²) >= 11 is 8.12. The highest BCUT2D eigenvalue weighted by Crippen LogP contribution is 2.39. The Balaban J connectivity index is 2.15. The lowest BCUT2D eigenvalue weighted by Crippen LogP contribution is -2.40. The molecular formula is C23H15Br2N3O3S. The molecule has 0 aliphatic carbocycles. The lowest BCUT2D eigenvalue weighted by Gasteiger charge is -2.25. The van der Waals surface area contributed by atoms with E-state index in [0.29, 0.717) is 19.2 Å². The van der Waals surface area contributed by atoms with Gasteiger partial charge in [-0.15, -0.1) is 11.3 Å². The van der Waals surface area contributed by atoms with Gasteiger partial charge in [0.1, 0.15) is 10.5 Å². The van der Waals surface area contributed by atoms with Crippen LogP contribution in [0.3, 0.4) is 0 Å². The third-order valence-electron chi connectivity index (χ3n) is 5.08. The van der Waals surface area contributed by atoms with Gasteiger partial charge in [-0.25, -0.2) is 4.79 Å². The van der Waals surface area contributed by atoms with Crippen molar-refractivity contribution in [3.8, 4) is 6.07 Å². The molecule has 0 unspecified atom stereocenters. The number of hydrogen-bond acceptors (Lipinski definition) is 6. The van der Waals surface area contributed by atoms with Gasteiger partial charge in [-0.1, -0.05) is 68.3 Å². The fourth-order valence-corrected chi connectivity index (χ4v) is 5.68. The molecule has 0 bridgehead atoms. The minimum Gasteiger partial charge on any atom is -0.466 e. The number of nitrogens with zero attached hydrogens (tertiary/aromatic N) is 2. The smallest absolute Gasteiger partial charge is 0.337 e. The van der Waals surface area contributed by atoms with Crippen molar-refractivity contribution in [2.45, 2.75) is 5.92 Å². The quantitative estimate of drug-likeness (QED) is 0.486. The van der Waals surface area contributed by atoms with Crippen molar-refractivity contribution in [2.75, 3.05) is 7.11 Å². The summed E-state index contributed by atoms with van der Waals surface area (Å²) in [5, 5.41) is 9.96. The van der Waals surface area contributed by atoms with Crippen molar-refractivity contribution in [1.29, 1.82) is 5.26 Å². The molecule has 1 atom stereocenters. The molecule has 32 heavy (non-hydrogen) atoms. The lowest BCUT2D eigenvalue weighted by molar-refractivity contribution is -0.134. The second-order valence-corrected chi connectivity index (χ2v) is 9.59. The second-order valence-electron chi connectivity index (χ2n) is 6.85. The second kappa shape index (κ2) is 8.90. The first-order chi connectivity index (χ1) is 15.4. The molecule has 0 saturated heterocycles. The van der Waals surface area contributed by atoms with Crippen LogP contribution in [-0.4, -0.2) is 17.6 Å². The molecule has 9 heteroatoms. The van der Waals surface area contributed by atoms with E-state index in [1.165, 1.54) is 11.7 Å². The number of carbonyl (C=O) groups is 1. The normalized spacial score (nSPS) is 16.0. The van der Waals surface area contributed by atoms with E-state index in [1.807, 2.05) is 42.5 Å². The van der Waals surface area contributed by atoms with E-state index in [2.05, 4.69) is 37.9 Å². The molecule has 0 radical (unpaired) electrons. The van der Waals surface area contributed by atoms with Crippen molar-refractivity contribution in [1.82, 2.24) is 4.57 Å². The predicted octanol–water partition coefficient (Wildman–Crippen LogP) is 3.04. The van der Waals surface area contributed by atoms with Crippen molar-refractivity contribution >= 4 is 66.6 Å². The number of carbonyl (C=O) groups excluding carboxylic acids is 1. The number of esters is 1. The van der Waals surface area contributed by atoms with E-state index in [9.17, 15) is 14.9 Å². The number of ether oxygens (including phenoxy) is 1. The van der Waals surface area contributed by atoms with E-state index in [1.54, 1.807) is 12.1 Å². The maximum absolute atomic E-state index is 13.3. The molecule has 1 aliphatic rings. The minimum atomic E-state index is -0.780. The number of fused-ring (bicyclic) bond motifs is 1. The van der Waals surface area contributed by atoms with Gasteiger partial charge in [0.05, 0.1) is 34.8 Å². The van der Waals surface area contributed by atoms with Crippen LogP contribution < -0.4 is 20.5 Å². The Morgan fingerprint density at radius 1 is 1.19 bits per heavy atom. The molecule has 160 valence electrons. The van der Waals surface area contributed by atoms with Gasteiger partial charge < -0.3 is 10.5 Å². The zero-order chi connectivity index (χ0) is 23.0. The molecule has 0 saturated carbocycles. The van der Waals surface area contributed by atoms with E-state index in [0.717, 1.165) is 21.4 Å². The average molecular weight is 573 g/mol. The largest absolute Gasteiger partial charge is 0.466 e. The van der Waals surface area contributed by atoms with Crippen LogP contribution in [0.4, 0.5) is 0 Å². The van der Waals surface area contributed by atoms with Gasteiger partial charge in [0, 0.05) is 8.95 Å². The van der Waals surface area contributed by atoms with Gasteiger partial charge in [-0.2, -0.15) is 5.26 Å². The highest BCUT2D eigenvalue weighted by Gasteiger charge is 2.36. The minimum absolute atomic E-state index is 0.00364. The van der Waals surface area contributed by atoms with E-state index in [-0.39, 0.29) is 17.0 Å². The predicted molar refractivity (Wildman–Crippen MR) is 131 cm³/mol. The molecule has 6 nitrogen and oxygen atoms in total. The number of nitrogens with two attached hydrogens (primary N) is 1. The maximum atomic E-state index is 13.3. The first-order valence-corrected chi connectivity index (χ1v) is 11.7. The van der Waals surface area contributed by atoms with E-state index < -0.39 is 17.4 Å². The summed E-state index contributed by atoms with van der Waals surface area (Å²) in [6, 6.07) is 16.8. The number of thiazole rings is 1. The number of halogens is 2. The summed E-state index contributed by atoms with van der Waals surface area (Å²) in [6.07, 6.45) is 1.73. The molecule has 0 fully saturated rings. The lowest BCUT2D eigenvalue weighted by atomic mass is 9.84. The van der Waals surface area contributed by atoms with Gasteiger partial charge in [0.25, 0.3) is 5.56 Å². The first kappa shape index (κ1) is 22.3. The molecule has 0 amide bonds. The van der Waals surface area contributed by atoms with Gasteiger partial charge in [-0.05, 0) is 29.3 Å². The number of benzene rings is 2. The van der Waals surface area contributed by atoms with Crippen molar-refractivity contribution < 1.29 is 9.53 Å². The van der Waals surface area contributed by atoms with Crippen molar-refractivity contribution in [3.63, 3.8) is 0 Å². The SMILES string of the molecule is COC(=O)C1=c2s/c(=C\c3ccccc3Br)c(=O)n2C(N)=C(C#N)[C@H]1c1ccccc1Br. The molecule has 2 heterocycles. The monoisotopic (exact) mass is 571 g/mol. The Morgan fingerprint density at radius 3 is 2.47 bits per heavy atom. The van der Waals surface area contributed by atoms with Crippen LogP contribution in [0.2, 0.25) is 0 Å². The zero-order valence-electron chi connectivity index (χ0n) is 16.6. The van der Waals surface area contributed by atoms with Crippen molar-refractivity contribution in [3.05, 3.63) is 93.7 Å². The maximum Gasteiger partial charge on any atom is 0.337 e. The highest BCUT2D eigenvalue weighted by molar-refractivity contribution is 9.10. The average Bonchev–Trinajstić information content (AvgIpc) is 3.11. The Kier molecular flexibility index (Phi) is 6.20. The molecule has 4 rings (SSSR count). The molecule has 3 aromatic rings. The molecule has 2 N–H and O–H groups in total. The summed E-state index contributed by atoms with van der Waals surface area (Å²) in [7, 11) is 1.27. The Labute approximate surface area is 203 Å². The van der Waals surface area contributed by atoms with Crippen LogP contribution in [0.15, 0.2) is 67.8 Å². The Morgan fingerprint density at radius 2 is 1.84 bits per heavy atom. The summed E-state index contributed by atoms with van der Waals surface area (Å²) in [4.78, 5) is 26.2. The summed E-state index contributed by atoms with van der Waals surface area (Å²) < 4.78 is 8.54. The van der Waals surface area contributed by atoms with Crippen LogP contribution in [-0.2, 0) is 9.53 Å². The number of allylic oxidation sites excluding steroid dienone is 1. The van der Waals surface area contributed by atoms with Gasteiger partial charge in [0.2, 0.25) is 0 Å². The third kappa shape index (κ3) is 3.64. The molecular weight excluding hydrogens is 558 g/mol. The third-order valence-corrected chi connectivity index (χ3v) is 7.63. The fraction of sp³-hybridized carbons (Fsp3) is 0.0870. The fourth-order valence-electron chi connectivity index (χ4n) is 3.61. The topological polar surface area (TPSA) is 98.1 Å². The molecule has 1 aromatic heterocycles. The number of rotatable bonds is 3. The number of methoxy groups -OCH3 is 1. The van der Waals surface area contributed by atoms with Gasteiger partial charge in [0.15, 0.2) is 0 Å². The van der Waals surface area contributed by atoms with Crippen LogP contribution in [0.1, 0.15) is 17.0 Å².